The van der Waals surface area contributed by atoms with Crippen LogP contribution in [0.1, 0.15) is 0 Å². The summed E-state index contributed by atoms with van der Waals surface area (Å²) in [6, 6.07) is 0.253. The fraction of sp³-hybridized carbons (Fsp3) is 0.500. The highest BCUT2D eigenvalue weighted by molar-refractivity contribution is 6.56. The predicted molar refractivity (Wildman–Crippen MR) is 25.1 cm³/mol. The molecule has 0 heterocycles. The Hall–Kier alpha value is 0.250. The van der Waals surface area contributed by atoms with E-state index in [1.165, 1.54) is 0 Å². The summed E-state index contributed by atoms with van der Waals surface area (Å²) in [5.41, 5.74) is 1.15. The Morgan fingerprint density at radius 3 is 2.40 bits per heavy atom. The van der Waals surface area contributed by atoms with Crippen molar-refractivity contribution in [2.24, 2.45) is 4.99 Å². The average molecular weight is 112 g/mol. The molecule has 0 aromatic carbocycles. The molecule has 0 aromatic heterocycles. The maximum atomic E-state index is 5.02. The lowest BCUT2D eigenvalue weighted by Crippen LogP contribution is -1.54. The molecule has 1 nitrogen and oxygen atoms in total. The molecule has 0 unspecified atom stereocenters. The van der Waals surface area contributed by atoms with Crippen molar-refractivity contribution in [3.63, 3.8) is 0 Å². The van der Waals surface area contributed by atoms with Crippen molar-refractivity contribution in [1.82, 2.24) is 0 Å². The van der Waals surface area contributed by atoms with Crippen LogP contribution < -0.4 is 0 Å². The Bertz CT molecular complexity index is 34.6. The number of aliphatic imine (C=N–C) groups is 1. The summed E-state index contributed by atoms with van der Waals surface area (Å²) in [5, 5.41) is 0. The van der Waals surface area contributed by atoms with E-state index >= 15 is 0 Å². The quantitative estimate of drug-likeness (QED) is 0.276. The van der Waals surface area contributed by atoms with Gasteiger partial charge in [-0.2, -0.15) is 0 Å². The largest absolute Gasteiger partial charge is 0.265 e. The van der Waals surface area contributed by atoms with Crippen LogP contribution in [0, 0.1) is 0 Å². The minimum absolute atomic E-state index is 0.253. The second-order valence-corrected chi connectivity index (χ2v) is 0.834. The highest BCUT2D eigenvalue weighted by Gasteiger charge is 1.55. The van der Waals surface area contributed by atoms with Crippen molar-refractivity contribution in [2.45, 2.75) is 0 Å². The van der Waals surface area contributed by atoms with Crippen molar-refractivity contribution in [3.8, 4) is 0 Å². The second kappa shape index (κ2) is 4.25. The van der Waals surface area contributed by atoms with Gasteiger partial charge in [0.25, 0.3) is 0 Å². The van der Waals surface area contributed by atoms with Gasteiger partial charge >= 0.3 is 0 Å². The molecule has 5 heavy (non-hydrogen) atoms. The lowest BCUT2D eigenvalue weighted by atomic mass is 11.4. The van der Waals surface area contributed by atoms with E-state index in [0.717, 1.165) is 5.67 Å². The van der Waals surface area contributed by atoms with Crippen LogP contribution in [0.2, 0.25) is 0 Å². The topological polar surface area (TPSA) is 12.4 Å². The summed E-state index contributed by atoms with van der Waals surface area (Å²) >= 11 is 9.94. The molecule has 0 rings (SSSR count). The van der Waals surface area contributed by atoms with E-state index in [2.05, 4.69) is 4.99 Å². The van der Waals surface area contributed by atoms with Crippen LogP contribution in [0.25, 0.3) is 0 Å². The molecule has 0 fully saturated rings. The molecule has 0 bridgehead atoms. The van der Waals surface area contributed by atoms with Crippen molar-refractivity contribution in [2.75, 3.05) is 6.00 Å². The maximum absolute atomic E-state index is 5.02. The third-order valence-electron chi connectivity index (χ3n) is 0.138. The van der Waals surface area contributed by atoms with Crippen LogP contribution in [-0.2, 0) is 0 Å². The SMILES string of the molecule is ClC=NCCl. The van der Waals surface area contributed by atoms with E-state index in [1.54, 1.807) is 0 Å². The monoisotopic (exact) mass is 111 g/mol. The Kier molecular flexibility index (Phi) is 4.46. The fourth-order valence-corrected chi connectivity index (χ4v) is 0.235. The molecule has 0 aliphatic carbocycles. The van der Waals surface area contributed by atoms with Gasteiger partial charge in [0.15, 0.2) is 0 Å². The normalized spacial score (nSPS) is 10.0. The van der Waals surface area contributed by atoms with Crippen LogP contribution in [0.5, 0.6) is 0 Å². The first kappa shape index (κ1) is 5.25. The minimum atomic E-state index is 0.253. The predicted octanol–water partition coefficient (Wildman–Crippen LogP) is 1.45. The van der Waals surface area contributed by atoms with E-state index in [4.69, 9.17) is 23.2 Å². The van der Waals surface area contributed by atoms with Crippen molar-refractivity contribution in [3.05, 3.63) is 0 Å². The van der Waals surface area contributed by atoms with Gasteiger partial charge in [0.05, 0.1) is 5.67 Å². The Balaban J connectivity index is 2.62. The van der Waals surface area contributed by atoms with Gasteiger partial charge in [-0.15, -0.1) is 11.6 Å². The molecule has 0 aromatic rings. The zero-order valence-electron chi connectivity index (χ0n) is 2.49. The first-order chi connectivity index (χ1) is 2.41. The average Bonchev–Trinajstić information content (AvgIpc) is 1.41. The van der Waals surface area contributed by atoms with Gasteiger partial charge in [0.2, 0.25) is 0 Å². The van der Waals surface area contributed by atoms with E-state index in [0.29, 0.717) is 0 Å². The third-order valence-corrected chi connectivity index (χ3v) is 0.414. The first-order valence-electron chi connectivity index (χ1n) is 1.06. The van der Waals surface area contributed by atoms with Crippen molar-refractivity contribution >= 4 is 28.9 Å². The Morgan fingerprint density at radius 1 is 1.80 bits per heavy atom. The molecule has 3 heteroatoms. The number of rotatable bonds is 1. The van der Waals surface area contributed by atoms with Crippen molar-refractivity contribution in [1.29, 1.82) is 0 Å². The summed E-state index contributed by atoms with van der Waals surface area (Å²) in [6.45, 7) is 0. The summed E-state index contributed by atoms with van der Waals surface area (Å²) in [7, 11) is 0. The summed E-state index contributed by atoms with van der Waals surface area (Å²) in [5.74, 6) is 0. The molecule has 0 aliphatic heterocycles. The minimum Gasteiger partial charge on any atom is -0.265 e. The smallest absolute Gasteiger partial charge is 0.114 e. The highest BCUT2D eigenvalue weighted by Crippen LogP contribution is 1.72. The molecule has 30 valence electrons. The van der Waals surface area contributed by atoms with Crippen LogP contribution in [0.3, 0.4) is 0 Å². The van der Waals surface area contributed by atoms with E-state index < -0.39 is 0 Å². The maximum Gasteiger partial charge on any atom is 0.114 e. The van der Waals surface area contributed by atoms with Gasteiger partial charge in [0.1, 0.15) is 6.00 Å². The van der Waals surface area contributed by atoms with Gasteiger partial charge in [-0.05, 0) is 0 Å². The number of halogens is 2. The lowest BCUT2D eigenvalue weighted by molar-refractivity contribution is 1.40. The van der Waals surface area contributed by atoms with Crippen LogP contribution in [0.4, 0.5) is 0 Å². The van der Waals surface area contributed by atoms with E-state index in [1.807, 2.05) is 0 Å². The molecule has 0 saturated heterocycles. The second-order valence-electron chi connectivity index (χ2n) is 0.400. The molecule has 0 spiro atoms. The standard InChI is InChI=1S/C2H3Cl2N/c3-1-5-2-4/h1H,2H2. The molecule has 0 radical (unpaired) electrons. The van der Waals surface area contributed by atoms with Crippen LogP contribution in [0.15, 0.2) is 4.99 Å². The van der Waals surface area contributed by atoms with Gasteiger partial charge in [0, 0.05) is 0 Å². The fourth-order valence-electron chi connectivity index (χ4n) is 0.0261. The molecule has 0 atom stereocenters. The molecule has 0 N–H and O–H groups in total. The van der Waals surface area contributed by atoms with Gasteiger partial charge in [-0.1, -0.05) is 11.6 Å². The number of alkyl halides is 1. The highest BCUT2D eigenvalue weighted by atomic mass is 35.5. The van der Waals surface area contributed by atoms with Crippen molar-refractivity contribution < 1.29 is 0 Å². The zero-order valence-corrected chi connectivity index (χ0v) is 4.00. The van der Waals surface area contributed by atoms with E-state index in [9.17, 15) is 0 Å². The molecule has 0 aliphatic rings. The molecular weight excluding hydrogens is 109 g/mol. The molecule has 0 saturated carbocycles. The molecule has 0 amide bonds. The summed E-state index contributed by atoms with van der Waals surface area (Å²) in [6.07, 6.45) is 0. The lowest BCUT2D eigenvalue weighted by Gasteiger charge is -1.64. The number of hydrogen-bond donors (Lipinski definition) is 0. The first-order valence-corrected chi connectivity index (χ1v) is 2.03. The van der Waals surface area contributed by atoms with Crippen LogP contribution >= 0.6 is 23.2 Å². The zero-order chi connectivity index (χ0) is 4.12. The number of hydrogen-bond acceptors (Lipinski definition) is 1. The van der Waals surface area contributed by atoms with Gasteiger partial charge in [-0.3, -0.25) is 4.99 Å². The Labute approximate surface area is 40.6 Å². The summed E-state index contributed by atoms with van der Waals surface area (Å²) in [4.78, 5) is 3.38. The van der Waals surface area contributed by atoms with Gasteiger partial charge in [-0.25, -0.2) is 0 Å². The van der Waals surface area contributed by atoms with Crippen LogP contribution in [-0.4, -0.2) is 11.7 Å². The van der Waals surface area contributed by atoms with E-state index in [-0.39, 0.29) is 6.00 Å². The Morgan fingerprint density at radius 2 is 2.40 bits per heavy atom. The third kappa shape index (κ3) is 4.25. The summed E-state index contributed by atoms with van der Waals surface area (Å²) < 4.78 is 0. The number of nitrogens with zero attached hydrogens (tertiary/aromatic N) is 1. The molecular formula is C2H3Cl2N. The van der Waals surface area contributed by atoms with Gasteiger partial charge < -0.3 is 0 Å².